The van der Waals surface area contributed by atoms with Crippen molar-refractivity contribution in [2.24, 2.45) is 11.3 Å². The van der Waals surface area contributed by atoms with Gasteiger partial charge in [0.15, 0.2) is 11.6 Å². The zero-order valence-electron chi connectivity index (χ0n) is 15.1. The van der Waals surface area contributed by atoms with Gasteiger partial charge in [0.2, 0.25) is 5.91 Å². The first-order valence-electron chi connectivity index (χ1n) is 9.73. The number of carbonyl (C=O) groups excluding carboxylic acids is 1. The molecular formula is C20H27F2N3O. The lowest BCUT2D eigenvalue weighted by molar-refractivity contribution is -0.124. The highest BCUT2D eigenvalue weighted by molar-refractivity contribution is 5.82. The zero-order chi connectivity index (χ0) is 18.1. The van der Waals surface area contributed by atoms with Crippen molar-refractivity contribution in [2.45, 2.75) is 44.7 Å². The number of benzene rings is 1. The SMILES string of the molecule is O=C(NC1CCN(Cc2ccc(F)c(F)c2)CC1)C1CC12CCNCC2. The molecule has 0 bridgehead atoms. The largest absolute Gasteiger partial charge is 0.353 e. The van der Waals surface area contributed by atoms with E-state index in [1.165, 1.54) is 12.1 Å². The molecule has 3 fully saturated rings. The number of piperidine rings is 2. The molecule has 1 aliphatic carbocycles. The molecule has 6 heteroatoms. The van der Waals surface area contributed by atoms with Gasteiger partial charge >= 0.3 is 0 Å². The predicted octanol–water partition coefficient (Wildman–Crippen LogP) is 2.44. The molecule has 1 unspecified atom stereocenters. The average Bonchev–Trinajstić information content (AvgIpc) is 3.33. The van der Waals surface area contributed by atoms with Gasteiger partial charge in [0.25, 0.3) is 0 Å². The summed E-state index contributed by atoms with van der Waals surface area (Å²) in [6, 6.07) is 4.33. The molecule has 142 valence electrons. The van der Waals surface area contributed by atoms with Crippen molar-refractivity contribution >= 4 is 5.91 Å². The second kappa shape index (κ2) is 7.24. The van der Waals surface area contributed by atoms with Crippen LogP contribution in [0.4, 0.5) is 8.78 Å². The van der Waals surface area contributed by atoms with Gasteiger partial charge in [-0.15, -0.1) is 0 Å². The summed E-state index contributed by atoms with van der Waals surface area (Å²) in [7, 11) is 0. The lowest BCUT2D eigenvalue weighted by atomic mass is 9.91. The summed E-state index contributed by atoms with van der Waals surface area (Å²) >= 11 is 0. The van der Waals surface area contributed by atoms with E-state index in [2.05, 4.69) is 15.5 Å². The van der Waals surface area contributed by atoms with Crippen LogP contribution in [0.25, 0.3) is 0 Å². The fourth-order valence-corrected chi connectivity index (χ4v) is 4.63. The maximum Gasteiger partial charge on any atom is 0.223 e. The molecule has 4 nitrogen and oxygen atoms in total. The highest BCUT2D eigenvalue weighted by Gasteiger charge is 2.57. The van der Waals surface area contributed by atoms with Crippen LogP contribution in [-0.2, 0) is 11.3 Å². The van der Waals surface area contributed by atoms with Crippen LogP contribution in [0, 0.1) is 23.0 Å². The van der Waals surface area contributed by atoms with Crippen LogP contribution in [0.3, 0.4) is 0 Å². The lowest BCUT2D eigenvalue weighted by Gasteiger charge is -2.32. The fourth-order valence-electron chi connectivity index (χ4n) is 4.63. The number of hydrogen-bond acceptors (Lipinski definition) is 3. The number of carbonyl (C=O) groups is 1. The van der Waals surface area contributed by atoms with E-state index in [4.69, 9.17) is 0 Å². The third kappa shape index (κ3) is 3.76. The van der Waals surface area contributed by atoms with Gasteiger partial charge in [-0.25, -0.2) is 8.78 Å². The Balaban J connectivity index is 1.22. The van der Waals surface area contributed by atoms with Crippen LogP contribution in [0.15, 0.2) is 18.2 Å². The Hall–Kier alpha value is -1.53. The molecule has 2 saturated heterocycles. The molecular weight excluding hydrogens is 336 g/mol. The van der Waals surface area contributed by atoms with E-state index >= 15 is 0 Å². The summed E-state index contributed by atoms with van der Waals surface area (Å²) in [4.78, 5) is 14.8. The van der Waals surface area contributed by atoms with Crippen molar-refractivity contribution in [3.05, 3.63) is 35.4 Å². The minimum atomic E-state index is -0.804. The molecule has 2 aliphatic heterocycles. The first-order chi connectivity index (χ1) is 12.6. The van der Waals surface area contributed by atoms with Crippen molar-refractivity contribution in [3.8, 4) is 0 Å². The Morgan fingerprint density at radius 2 is 1.92 bits per heavy atom. The lowest BCUT2D eigenvalue weighted by Crippen LogP contribution is -2.45. The average molecular weight is 363 g/mol. The van der Waals surface area contributed by atoms with Crippen molar-refractivity contribution in [2.75, 3.05) is 26.2 Å². The monoisotopic (exact) mass is 363 g/mol. The van der Waals surface area contributed by atoms with Crippen molar-refractivity contribution in [1.29, 1.82) is 0 Å². The summed E-state index contributed by atoms with van der Waals surface area (Å²) in [6.07, 6.45) is 5.12. The van der Waals surface area contributed by atoms with Gasteiger partial charge in [0.05, 0.1) is 0 Å². The van der Waals surface area contributed by atoms with E-state index < -0.39 is 11.6 Å². The Kier molecular flexibility index (Phi) is 4.97. The summed E-state index contributed by atoms with van der Waals surface area (Å²) in [6.45, 7) is 4.42. The Morgan fingerprint density at radius 3 is 2.62 bits per heavy atom. The quantitative estimate of drug-likeness (QED) is 0.864. The van der Waals surface area contributed by atoms with E-state index in [0.717, 1.165) is 63.8 Å². The van der Waals surface area contributed by atoms with E-state index in [9.17, 15) is 13.6 Å². The van der Waals surface area contributed by atoms with Crippen LogP contribution < -0.4 is 10.6 Å². The third-order valence-electron chi connectivity index (χ3n) is 6.43. The number of rotatable bonds is 4. The molecule has 4 rings (SSSR count). The van der Waals surface area contributed by atoms with E-state index in [1.807, 2.05) is 0 Å². The molecule has 0 aromatic heterocycles. The summed E-state index contributed by atoms with van der Waals surface area (Å²) in [5.41, 5.74) is 1.07. The zero-order valence-corrected chi connectivity index (χ0v) is 15.1. The molecule has 1 aromatic rings. The van der Waals surface area contributed by atoms with Gasteiger partial charge in [-0.2, -0.15) is 0 Å². The van der Waals surface area contributed by atoms with Gasteiger partial charge < -0.3 is 10.6 Å². The van der Waals surface area contributed by atoms with Crippen LogP contribution >= 0.6 is 0 Å². The van der Waals surface area contributed by atoms with E-state index in [0.29, 0.717) is 6.54 Å². The first kappa shape index (κ1) is 17.9. The first-order valence-corrected chi connectivity index (χ1v) is 9.73. The van der Waals surface area contributed by atoms with Crippen LogP contribution in [-0.4, -0.2) is 43.0 Å². The molecule has 0 radical (unpaired) electrons. The summed E-state index contributed by atoms with van der Waals surface area (Å²) in [5.74, 6) is -1.14. The van der Waals surface area contributed by atoms with Gasteiger partial charge in [-0.3, -0.25) is 9.69 Å². The fraction of sp³-hybridized carbons (Fsp3) is 0.650. The van der Waals surface area contributed by atoms with Gasteiger partial charge in [-0.05, 0) is 68.3 Å². The standard InChI is InChI=1S/C20H27F2N3O/c21-17-2-1-14(11-18(17)22)13-25-9-3-15(4-10-25)24-19(26)16-12-20(16)5-7-23-8-6-20/h1-2,11,15-16,23H,3-10,12-13H2,(H,24,26). The highest BCUT2D eigenvalue weighted by atomic mass is 19.2. The predicted molar refractivity (Wildman–Crippen MR) is 95.4 cm³/mol. The number of amides is 1. The number of nitrogens with zero attached hydrogens (tertiary/aromatic N) is 1. The molecule has 26 heavy (non-hydrogen) atoms. The van der Waals surface area contributed by atoms with Crippen molar-refractivity contribution in [3.63, 3.8) is 0 Å². The topological polar surface area (TPSA) is 44.4 Å². The maximum atomic E-state index is 13.3. The molecule has 2 heterocycles. The summed E-state index contributed by atoms with van der Waals surface area (Å²) in [5, 5.41) is 6.63. The third-order valence-corrected chi connectivity index (χ3v) is 6.43. The van der Waals surface area contributed by atoms with Crippen LogP contribution in [0.5, 0.6) is 0 Å². The normalized spacial score (nSPS) is 26.0. The van der Waals surface area contributed by atoms with Crippen LogP contribution in [0.1, 0.15) is 37.7 Å². The van der Waals surface area contributed by atoms with Crippen LogP contribution in [0.2, 0.25) is 0 Å². The maximum absolute atomic E-state index is 13.3. The smallest absolute Gasteiger partial charge is 0.223 e. The number of nitrogens with one attached hydrogen (secondary N) is 2. The van der Waals surface area contributed by atoms with Gasteiger partial charge in [-0.1, -0.05) is 6.07 Å². The van der Waals surface area contributed by atoms with E-state index in [-0.39, 0.29) is 23.3 Å². The summed E-state index contributed by atoms with van der Waals surface area (Å²) < 4.78 is 26.3. The minimum absolute atomic E-state index is 0.213. The Morgan fingerprint density at radius 1 is 1.19 bits per heavy atom. The Bertz CT molecular complexity index is 667. The van der Waals surface area contributed by atoms with Gasteiger partial charge in [0.1, 0.15) is 0 Å². The molecule has 3 aliphatic rings. The highest BCUT2D eigenvalue weighted by Crippen LogP contribution is 2.58. The molecule has 1 atom stereocenters. The minimum Gasteiger partial charge on any atom is -0.353 e. The molecule has 1 spiro atoms. The number of likely N-dealkylation sites (tertiary alicyclic amines) is 1. The molecule has 1 amide bonds. The molecule has 2 N–H and O–H groups in total. The molecule has 1 aromatic carbocycles. The van der Waals surface area contributed by atoms with Crippen molar-refractivity contribution < 1.29 is 13.6 Å². The number of halogens is 2. The molecule has 1 saturated carbocycles. The van der Waals surface area contributed by atoms with Gasteiger partial charge in [0, 0.05) is 31.6 Å². The second-order valence-corrected chi connectivity index (χ2v) is 8.18. The number of hydrogen-bond donors (Lipinski definition) is 2. The van der Waals surface area contributed by atoms with E-state index in [1.54, 1.807) is 6.07 Å². The Labute approximate surface area is 153 Å². The van der Waals surface area contributed by atoms with Crippen molar-refractivity contribution in [1.82, 2.24) is 15.5 Å². The second-order valence-electron chi connectivity index (χ2n) is 8.18.